The van der Waals surface area contributed by atoms with Gasteiger partial charge in [-0.25, -0.2) is 0 Å². The van der Waals surface area contributed by atoms with Crippen molar-refractivity contribution in [3.63, 3.8) is 0 Å². The van der Waals surface area contributed by atoms with Crippen LogP contribution in [0.25, 0.3) is 52.5 Å². The van der Waals surface area contributed by atoms with E-state index in [1.165, 1.54) is 242 Å². The summed E-state index contributed by atoms with van der Waals surface area (Å²) in [6.45, 7) is 4.70. The molecule has 0 aliphatic carbocycles. The minimum absolute atomic E-state index is 0.0878. The van der Waals surface area contributed by atoms with Crippen molar-refractivity contribution in [2.24, 2.45) is 0 Å². The number of rotatable bonds is 38. The average Bonchev–Trinajstić information content (AvgIpc) is 4.10. The smallest absolute Gasteiger partial charge is 0.118 e. The summed E-state index contributed by atoms with van der Waals surface area (Å²) in [4.78, 5) is 2.88. The number of fused-ring (bicyclic) bond motifs is 5. The third-order valence-corrected chi connectivity index (χ3v) is 19.8. The van der Waals surface area contributed by atoms with Crippen LogP contribution in [0.4, 0.5) is 0 Å². The first-order valence-electron chi connectivity index (χ1n) is 27.8. The summed E-state index contributed by atoms with van der Waals surface area (Å²) in [5.41, 5.74) is 6.52. The Kier molecular flexibility index (Phi) is 25.9. The lowest BCUT2D eigenvalue weighted by atomic mass is 10.0. The Bertz CT molecular complexity index is 2150. The number of ether oxygens (including phenoxy) is 1. The van der Waals surface area contributed by atoms with Gasteiger partial charge < -0.3 is 9.84 Å². The highest BCUT2D eigenvalue weighted by Gasteiger charge is 2.23. The SMILES string of the molecule is CCCCCCCCCCCCCCCCCc1c(/C=C/c2ccc(CO)cc2)sc2c1sc1c3sc(/C=C/c4ccc(OC)cc4)c(CCCCCCCCCCCCCCCCC)c3sc21. The van der Waals surface area contributed by atoms with Crippen LogP contribution in [-0.2, 0) is 19.4 Å². The fourth-order valence-corrected chi connectivity index (χ4v) is 16.0. The maximum Gasteiger partial charge on any atom is 0.118 e. The molecule has 0 bridgehead atoms. The summed E-state index contributed by atoms with van der Waals surface area (Å²) >= 11 is 8.23. The Hall–Kier alpha value is -2.74. The van der Waals surface area contributed by atoms with Gasteiger partial charge >= 0.3 is 0 Å². The molecule has 0 amide bonds. The van der Waals surface area contributed by atoms with Crippen LogP contribution in [0.2, 0.25) is 0 Å². The molecule has 0 spiro atoms. The number of aliphatic hydroxyl groups excluding tert-OH is 1. The summed E-state index contributed by atoms with van der Waals surface area (Å²) in [5, 5.41) is 9.62. The number of benzene rings is 2. The predicted octanol–water partition coefficient (Wildman–Crippen LogP) is 22.1. The van der Waals surface area contributed by atoms with Gasteiger partial charge in [0.1, 0.15) is 5.75 Å². The second-order valence-electron chi connectivity index (χ2n) is 19.8. The quantitative estimate of drug-likeness (QED) is 0.0392. The first-order valence-corrected chi connectivity index (χ1v) is 31.0. The molecule has 4 heterocycles. The zero-order valence-corrected chi connectivity index (χ0v) is 46.0. The number of hydrogen-bond donors (Lipinski definition) is 1. The van der Waals surface area contributed by atoms with Crippen molar-refractivity contribution in [3.8, 4) is 5.75 Å². The molecule has 4 aromatic heterocycles. The number of unbranched alkanes of at least 4 members (excludes halogenated alkanes) is 28. The highest BCUT2D eigenvalue weighted by Crippen LogP contribution is 2.53. The van der Waals surface area contributed by atoms with Crippen LogP contribution < -0.4 is 4.74 Å². The third kappa shape index (κ3) is 17.8. The normalized spacial score (nSPS) is 12.2. The van der Waals surface area contributed by atoms with E-state index in [2.05, 4.69) is 97.2 Å². The van der Waals surface area contributed by atoms with E-state index in [1.807, 2.05) is 34.8 Å². The second kappa shape index (κ2) is 32.3. The number of methoxy groups -OCH3 is 1. The van der Waals surface area contributed by atoms with Crippen molar-refractivity contribution in [1.82, 2.24) is 0 Å². The zero-order valence-electron chi connectivity index (χ0n) is 42.8. The number of aliphatic hydroxyl groups is 1. The van der Waals surface area contributed by atoms with Gasteiger partial charge in [-0.3, -0.25) is 0 Å². The lowest BCUT2D eigenvalue weighted by Gasteiger charge is -2.04. The maximum atomic E-state index is 9.62. The monoisotopic (exact) mass is 993 g/mol. The highest BCUT2D eigenvalue weighted by molar-refractivity contribution is 7.45. The molecule has 0 atom stereocenters. The number of aryl methyl sites for hydroxylation is 2. The lowest BCUT2D eigenvalue weighted by Crippen LogP contribution is -1.87. The molecular weight excluding hydrogens is 905 g/mol. The molecule has 0 fully saturated rings. The molecule has 6 heteroatoms. The van der Waals surface area contributed by atoms with Crippen molar-refractivity contribution in [1.29, 1.82) is 0 Å². The Balaban J connectivity index is 1.10. The Labute approximate surface area is 429 Å². The fourth-order valence-electron chi connectivity index (χ4n) is 9.93. The van der Waals surface area contributed by atoms with Gasteiger partial charge in [0.25, 0.3) is 0 Å². The van der Waals surface area contributed by atoms with Crippen molar-refractivity contribution in [2.45, 2.75) is 226 Å². The van der Waals surface area contributed by atoms with E-state index in [9.17, 15) is 5.11 Å². The van der Waals surface area contributed by atoms with E-state index < -0.39 is 0 Å². The molecule has 68 heavy (non-hydrogen) atoms. The third-order valence-electron chi connectivity index (χ3n) is 14.2. The molecule has 0 saturated heterocycles. The van der Waals surface area contributed by atoms with Gasteiger partial charge in [0, 0.05) is 9.75 Å². The molecular formula is C62H88O2S4. The molecule has 2 aromatic carbocycles. The Morgan fingerprint density at radius 1 is 0.368 bits per heavy atom. The van der Waals surface area contributed by atoms with E-state index in [4.69, 9.17) is 4.74 Å². The van der Waals surface area contributed by atoms with Gasteiger partial charge in [0.15, 0.2) is 0 Å². The Morgan fingerprint density at radius 2 is 0.676 bits per heavy atom. The molecule has 0 aliphatic rings. The molecule has 0 unspecified atom stereocenters. The summed E-state index contributed by atoms with van der Waals surface area (Å²) in [5.74, 6) is 0.905. The summed E-state index contributed by atoms with van der Waals surface area (Å²) in [6, 6.07) is 16.8. The highest BCUT2D eigenvalue weighted by atomic mass is 32.1. The second-order valence-corrected chi connectivity index (χ2v) is 24.0. The molecule has 0 radical (unpaired) electrons. The topological polar surface area (TPSA) is 29.5 Å². The fraction of sp³-hybridized carbons (Fsp3) is 0.581. The van der Waals surface area contributed by atoms with Crippen molar-refractivity contribution < 1.29 is 9.84 Å². The van der Waals surface area contributed by atoms with Gasteiger partial charge in [-0.1, -0.05) is 242 Å². The van der Waals surface area contributed by atoms with Crippen LogP contribution in [0.5, 0.6) is 5.75 Å². The lowest BCUT2D eigenvalue weighted by molar-refractivity contribution is 0.282. The van der Waals surface area contributed by atoms with Gasteiger partial charge in [0.05, 0.1) is 41.9 Å². The molecule has 1 N–H and O–H groups in total. The zero-order chi connectivity index (χ0) is 47.4. The largest absolute Gasteiger partial charge is 0.497 e. The molecule has 6 rings (SSSR count). The molecule has 372 valence electrons. The average molecular weight is 994 g/mol. The minimum atomic E-state index is 0.0878. The van der Waals surface area contributed by atoms with Crippen LogP contribution in [0.15, 0.2) is 48.5 Å². The summed E-state index contributed by atoms with van der Waals surface area (Å²) in [6.07, 6.45) is 53.6. The standard InChI is InChI=1S/C62H88O2S4/c1-4-6-8-10-12-14-16-18-20-22-24-26-28-30-32-34-53-55(46-42-49-36-38-51(48-63)39-37-49)65-59-57(53)67-62-60-58(68-61(59)62)54(56(66-60)47-43-50-40-44-52(64-3)45-41-50)35-33-31-29-27-25-23-21-19-17-15-13-11-9-7-5-2/h36-47,63H,4-35,48H2,1-3H3/b46-42+,47-43+. The molecule has 6 aromatic rings. The van der Waals surface area contributed by atoms with Gasteiger partial charge in [-0.15, -0.1) is 45.3 Å². The van der Waals surface area contributed by atoms with E-state index in [-0.39, 0.29) is 6.61 Å². The molecule has 0 saturated carbocycles. The van der Waals surface area contributed by atoms with Crippen LogP contribution in [0, 0.1) is 0 Å². The van der Waals surface area contributed by atoms with Crippen molar-refractivity contribution in [3.05, 3.63) is 86.1 Å². The Morgan fingerprint density at radius 3 is 1.00 bits per heavy atom. The van der Waals surface area contributed by atoms with Crippen LogP contribution in [0.1, 0.15) is 244 Å². The van der Waals surface area contributed by atoms with E-state index in [1.54, 1.807) is 18.2 Å². The number of thiophene rings is 4. The predicted molar refractivity (Wildman–Crippen MR) is 311 cm³/mol. The van der Waals surface area contributed by atoms with Crippen molar-refractivity contribution in [2.75, 3.05) is 7.11 Å². The van der Waals surface area contributed by atoms with Gasteiger partial charge in [0.2, 0.25) is 0 Å². The minimum Gasteiger partial charge on any atom is -0.497 e. The van der Waals surface area contributed by atoms with E-state index in [0.29, 0.717) is 0 Å². The van der Waals surface area contributed by atoms with Crippen molar-refractivity contribution >= 4 is 97.9 Å². The summed E-state index contributed by atoms with van der Waals surface area (Å²) in [7, 11) is 1.74. The van der Waals surface area contributed by atoms with E-state index in [0.717, 1.165) is 24.2 Å². The summed E-state index contributed by atoms with van der Waals surface area (Å²) < 4.78 is 14.6. The van der Waals surface area contributed by atoms with Crippen LogP contribution in [-0.4, -0.2) is 12.2 Å². The van der Waals surface area contributed by atoms with Gasteiger partial charge in [-0.05, 0) is 77.8 Å². The van der Waals surface area contributed by atoms with Crippen LogP contribution in [0.3, 0.4) is 0 Å². The maximum absolute atomic E-state index is 9.62. The van der Waals surface area contributed by atoms with Crippen LogP contribution >= 0.6 is 45.3 Å². The molecule has 0 aliphatic heterocycles. The molecule has 2 nitrogen and oxygen atoms in total. The van der Waals surface area contributed by atoms with Gasteiger partial charge in [-0.2, -0.15) is 0 Å². The first-order chi connectivity index (χ1) is 33.6. The number of hydrogen-bond acceptors (Lipinski definition) is 6. The van der Waals surface area contributed by atoms with E-state index >= 15 is 0 Å². The first kappa shape index (κ1) is 54.6.